The van der Waals surface area contributed by atoms with Crippen LogP contribution in [0.3, 0.4) is 0 Å². The molecule has 0 radical (unpaired) electrons. The lowest BCUT2D eigenvalue weighted by atomic mass is 9.98. The summed E-state index contributed by atoms with van der Waals surface area (Å²) in [6.07, 6.45) is 0. The molecule has 6 heteroatoms. The van der Waals surface area contributed by atoms with Crippen molar-refractivity contribution in [2.75, 3.05) is 20.3 Å². The fourth-order valence-corrected chi connectivity index (χ4v) is 4.11. The van der Waals surface area contributed by atoms with E-state index in [0.29, 0.717) is 41.2 Å². The molecule has 1 amide bonds. The van der Waals surface area contributed by atoms with Crippen molar-refractivity contribution in [3.05, 3.63) is 106 Å². The van der Waals surface area contributed by atoms with Gasteiger partial charge in [0.25, 0.3) is 5.91 Å². The largest absolute Gasteiger partial charge is 0.457 e. The first-order valence-corrected chi connectivity index (χ1v) is 10.4. The number of benzene rings is 3. The number of fused-ring (bicyclic) bond motifs is 2. The van der Waals surface area contributed by atoms with E-state index < -0.39 is 6.04 Å². The molecule has 0 spiro atoms. The monoisotopic (exact) mass is 427 g/mol. The molecule has 5 rings (SSSR count). The van der Waals surface area contributed by atoms with E-state index in [4.69, 9.17) is 13.9 Å². The van der Waals surface area contributed by atoms with Gasteiger partial charge in [-0.15, -0.1) is 0 Å². The summed E-state index contributed by atoms with van der Waals surface area (Å²) in [7, 11) is 1.58. The number of carbonyl (C=O) groups is 1. The summed E-state index contributed by atoms with van der Waals surface area (Å²) in [4.78, 5) is 28.3. The van der Waals surface area contributed by atoms with E-state index >= 15 is 0 Å². The number of para-hydroxylation sites is 2. The number of hydrogen-bond donors (Lipinski definition) is 0. The Bertz CT molecular complexity index is 1350. The number of amides is 1. The molecule has 3 aromatic carbocycles. The number of rotatable bonds is 6. The van der Waals surface area contributed by atoms with Crippen molar-refractivity contribution in [2.24, 2.45) is 0 Å². The zero-order valence-electron chi connectivity index (χ0n) is 17.5. The normalized spacial score (nSPS) is 15.2. The maximum atomic E-state index is 13.4. The molecule has 0 aliphatic carbocycles. The predicted molar refractivity (Wildman–Crippen MR) is 120 cm³/mol. The summed E-state index contributed by atoms with van der Waals surface area (Å²) in [5.74, 6) is 1.09. The number of hydrogen-bond acceptors (Lipinski definition) is 5. The molecule has 0 saturated carbocycles. The third-order valence-electron chi connectivity index (χ3n) is 5.56. The van der Waals surface area contributed by atoms with E-state index in [2.05, 4.69) is 0 Å². The van der Waals surface area contributed by atoms with Crippen LogP contribution >= 0.6 is 0 Å². The average Bonchev–Trinajstić information content (AvgIpc) is 3.10. The minimum Gasteiger partial charge on any atom is -0.457 e. The lowest BCUT2D eigenvalue weighted by Gasteiger charge is -2.25. The molecule has 0 N–H and O–H groups in total. The highest BCUT2D eigenvalue weighted by Crippen LogP contribution is 2.39. The van der Waals surface area contributed by atoms with Crippen LogP contribution in [0.5, 0.6) is 11.5 Å². The van der Waals surface area contributed by atoms with E-state index in [1.807, 2.05) is 54.6 Å². The van der Waals surface area contributed by atoms with Crippen LogP contribution in [-0.4, -0.2) is 31.1 Å². The zero-order valence-corrected chi connectivity index (χ0v) is 17.5. The predicted octanol–water partition coefficient (Wildman–Crippen LogP) is 4.78. The second-order valence-corrected chi connectivity index (χ2v) is 7.55. The highest BCUT2D eigenvalue weighted by atomic mass is 16.5. The smallest absolute Gasteiger partial charge is 0.290 e. The molecule has 0 unspecified atom stereocenters. The number of nitrogens with zero attached hydrogens (tertiary/aromatic N) is 1. The fourth-order valence-electron chi connectivity index (χ4n) is 4.11. The summed E-state index contributed by atoms with van der Waals surface area (Å²) in [5.41, 5.74) is 1.32. The Morgan fingerprint density at radius 1 is 0.906 bits per heavy atom. The van der Waals surface area contributed by atoms with E-state index in [9.17, 15) is 9.59 Å². The van der Waals surface area contributed by atoms with Gasteiger partial charge in [-0.05, 0) is 42.0 Å². The van der Waals surface area contributed by atoms with Crippen molar-refractivity contribution in [1.29, 1.82) is 0 Å². The van der Waals surface area contributed by atoms with Gasteiger partial charge in [0.1, 0.15) is 17.1 Å². The van der Waals surface area contributed by atoms with Crippen LogP contribution < -0.4 is 10.2 Å². The van der Waals surface area contributed by atoms with Crippen LogP contribution in [0.4, 0.5) is 0 Å². The Hall–Kier alpha value is -3.90. The van der Waals surface area contributed by atoms with Gasteiger partial charge in [-0.3, -0.25) is 9.59 Å². The van der Waals surface area contributed by atoms with E-state index in [1.54, 1.807) is 36.3 Å². The molecule has 0 saturated heterocycles. The second-order valence-electron chi connectivity index (χ2n) is 7.55. The first-order valence-electron chi connectivity index (χ1n) is 10.4. The van der Waals surface area contributed by atoms with Crippen molar-refractivity contribution in [3.63, 3.8) is 0 Å². The van der Waals surface area contributed by atoms with Gasteiger partial charge in [-0.1, -0.05) is 42.5 Å². The number of methoxy groups -OCH3 is 1. The molecule has 1 aliphatic rings. The highest BCUT2D eigenvalue weighted by Gasteiger charge is 2.42. The highest BCUT2D eigenvalue weighted by molar-refractivity contribution is 5.99. The molecule has 4 aromatic rings. The Morgan fingerprint density at radius 2 is 1.66 bits per heavy atom. The lowest BCUT2D eigenvalue weighted by molar-refractivity contribution is 0.0663. The van der Waals surface area contributed by atoms with Gasteiger partial charge in [-0.25, -0.2) is 0 Å². The third-order valence-corrected chi connectivity index (χ3v) is 5.56. The van der Waals surface area contributed by atoms with Crippen LogP contribution in [0.1, 0.15) is 27.7 Å². The van der Waals surface area contributed by atoms with Crippen LogP contribution in [0.15, 0.2) is 88.1 Å². The molecule has 6 nitrogen and oxygen atoms in total. The summed E-state index contributed by atoms with van der Waals surface area (Å²) < 4.78 is 17.1. The molecule has 1 aliphatic heterocycles. The first-order chi connectivity index (χ1) is 15.7. The molecular weight excluding hydrogens is 406 g/mol. The van der Waals surface area contributed by atoms with E-state index in [-0.39, 0.29) is 17.1 Å². The Balaban J connectivity index is 1.63. The second kappa shape index (κ2) is 8.32. The molecule has 32 heavy (non-hydrogen) atoms. The SMILES string of the molecule is COCCN1C(=O)c2oc3ccccc3c(=O)c2[C@H]1c1cccc(Oc2ccccc2)c1. The van der Waals surface area contributed by atoms with Crippen molar-refractivity contribution >= 4 is 16.9 Å². The topological polar surface area (TPSA) is 69.0 Å². The van der Waals surface area contributed by atoms with Gasteiger partial charge in [0.05, 0.1) is 23.6 Å². The molecule has 160 valence electrons. The fraction of sp³-hybridized carbons (Fsp3) is 0.154. The number of ether oxygens (including phenoxy) is 2. The van der Waals surface area contributed by atoms with Crippen molar-refractivity contribution < 1.29 is 18.7 Å². The van der Waals surface area contributed by atoms with Gasteiger partial charge in [0.15, 0.2) is 5.43 Å². The van der Waals surface area contributed by atoms with E-state index in [0.717, 1.165) is 5.56 Å². The quantitative estimate of drug-likeness (QED) is 0.443. The van der Waals surface area contributed by atoms with Gasteiger partial charge in [0.2, 0.25) is 5.76 Å². The average molecular weight is 427 g/mol. The van der Waals surface area contributed by atoms with E-state index in [1.165, 1.54) is 0 Å². The van der Waals surface area contributed by atoms with Crippen molar-refractivity contribution in [2.45, 2.75) is 6.04 Å². The van der Waals surface area contributed by atoms with Crippen molar-refractivity contribution in [1.82, 2.24) is 4.90 Å². The zero-order chi connectivity index (χ0) is 22.1. The molecular formula is C26H21NO5. The molecule has 2 heterocycles. The maximum Gasteiger partial charge on any atom is 0.290 e. The van der Waals surface area contributed by atoms with Gasteiger partial charge >= 0.3 is 0 Å². The summed E-state index contributed by atoms with van der Waals surface area (Å²) >= 11 is 0. The number of carbonyl (C=O) groups excluding carboxylic acids is 1. The maximum absolute atomic E-state index is 13.4. The van der Waals surface area contributed by atoms with Gasteiger partial charge < -0.3 is 18.8 Å². The van der Waals surface area contributed by atoms with Crippen LogP contribution in [0.25, 0.3) is 11.0 Å². The molecule has 0 bridgehead atoms. The van der Waals surface area contributed by atoms with Crippen LogP contribution in [0.2, 0.25) is 0 Å². The summed E-state index contributed by atoms with van der Waals surface area (Å²) in [6.45, 7) is 0.661. The Labute approximate surface area is 184 Å². The Morgan fingerprint density at radius 3 is 2.47 bits per heavy atom. The van der Waals surface area contributed by atoms with Crippen LogP contribution in [-0.2, 0) is 4.74 Å². The summed E-state index contributed by atoms with van der Waals surface area (Å²) in [6, 6.07) is 23.3. The lowest BCUT2D eigenvalue weighted by Crippen LogP contribution is -2.32. The third kappa shape index (κ3) is 3.44. The minimum atomic E-state index is -0.590. The van der Waals surface area contributed by atoms with Crippen LogP contribution in [0, 0.1) is 0 Å². The van der Waals surface area contributed by atoms with Crippen molar-refractivity contribution in [3.8, 4) is 11.5 Å². The van der Waals surface area contributed by atoms with Gasteiger partial charge in [0, 0.05) is 13.7 Å². The summed E-state index contributed by atoms with van der Waals surface area (Å²) in [5, 5.41) is 0.453. The molecule has 1 atom stereocenters. The van der Waals surface area contributed by atoms with Gasteiger partial charge in [-0.2, -0.15) is 0 Å². The molecule has 1 aromatic heterocycles. The standard InChI is InChI=1S/C26H21NO5/c1-30-15-14-27-23(17-8-7-11-19(16-17)31-18-9-3-2-4-10-18)22-24(28)20-12-5-6-13-21(20)32-25(22)26(27)29/h2-13,16,23H,14-15H2,1H3/t23-/m1/s1. The minimum absolute atomic E-state index is 0.0872. The Kier molecular flexibility index (Phi) is 5.21. The molecule has 0 fully saturated rings. The first kappa shape index (κ1) is 20.0.